The van der Waals surface area contributed by atoms with Crippen LogP contribution in [-0.4, -0.2) is 32.6 Å². The van der Waals surface area contributed by atoms with Gasteiger partial charge in [-0.3, -0.25) is 9.78 Å². The number of amides is 1. The van der Waals surface area contributed by atoms with Gasteiger partial charge < -0.3 is 4.90 Å². The normalized spacial score (nSPS) is 11.9. The van der Waals surface area contributed by atoms with Gasteiger partial charge in [-0.05, 0) is 18.1 Å². The molecule has 0 aromatic carbocycles. The fourth-order valence-electron chi connectivity index (χ4n) is 2.20. The van der Waals surface area contributed by atoms with Crippen LogP contribution >= 0.6 is 0 Å². The van der Waals surface area contributed by atoms with Crippen molar-refractivity contribution in [1.82, 2.24) is 19.7 Å². The molecule has 2 aromatic heterocycles. The first-order chi connectivity index (χ1) is 9.67. The standard InChI is InChI=1S/C15H18N4O/c1-4-14(12-7-6-8-16-9-12)18(3)15(20)13-10-17-19(5-2)11-13/h5-11,14H,2,4H2,1,3H3/t14-/m1/s1. The molecule has 0 fully saturated rings. The molecule has 5 nitrogen and oxygen atoms in total. The van der Waals surface area contributed by atoms with Crippen molar-refractivity contribution in [2.45, 2.75) is 19.4 Å². The number of hydrogen-bond donors (Lipinski definition) is 0. The predicted octanol–water partition coefficient (Wildman–Crippen LogP) is 2.60. The highest BCUT2D eigenvalue weighted by molar-refractivity contribution is 5.93. The van der Waals surface area contributed by atoms with Gasteiger partial charge in [0.05, 0.1) is 17.8 Å². The van der Waals surface area contributed by atoms with E-state index >= 15 is 0 Å². The minimum Gasteiger partial charge on any atom is -0.335 e. The van der Waals surface area contributed by atoms with E-state index in [1.807, 2.05) is 12.1 Å². The maximum Gasteiger partial charge on any atom is 0.257 e. The molecule has 104 valence electrons. The van der Waals surface area contributed by atoms with E-state index < -0.39 is 0 Å². The van der Waals surface area contributed by atoms with E-state index in [9.17, 15) is 4.79 Å². The molecule has 2 aromatic rings. The SMILES string of the molecule is C=Cn1cc(C(=O)N(C)[C@H](CC)c2cccnc2)cn1. The van der Waals surface area contributed by atoms with Crippen LogP contribution in [0, 0.1) is 0 Å². The summed E-state index contributed by atoms with van der Waals surface area (Å²) in [7, 11) is 1.80. The van der Waals surface area contributed by atoms with Gasteiger partial charge >= 0.3 is 0 Å². The number of pyridine rings is 1. The molecule has 5 heteroatoms. The summed E-state index contributed by atoms with van der Waals surface area (Å²) >= 11 is 0. The molecule has 0 bridgehead atoms. The zero-order valence-corrected chi connectivity index (χ0v) is 11.7. The molecule has 1 atom stereocenters. The second-order valence-electron chi connectivity index (χ2n) is 4.52. The summed E-state index contributed by atoms with van der Waals surface area (Å²) in [5, 5.41) is 4.03. The highest BCUT2D eigenvalue weighted by Crippen LogP contribution is 2.23. The van der Waals surface area contributed by atoms with E-state index in [0.29, 0.717) is 5.56 Å². The smallest absolute Gasteiger partial charge is 0.257 e. The molecule has 0 saturated heterocycles. The molecular formula is C15H18N4O. The maximum atomic E-state index is 12.5. The monoisotopic (exact) mass is 270 g/mol. The van der Waals surface area contributed by atoms with E-state index in [0.717, 1.165) is 12.0 Å². The number of carbonyl (C=O) groups is 1. The molecular weight excluding hydrogens is 252 g/mol. The van der Waals surface area contributed by atoms with Gasteiger partial charge in [0.25, 0.3) is 5.91 Å². The Balaban J connectivity index is 2.22. The van der Waals surface area contributed by atoms with Crippen LogP contribution in [0.4, 0.5) is 0 Å². The second-order valence-corrected chi connectivity index (χ2v) is 4.52. The van der Waals surface area contributed by atoms with E-state index in [1.165, 1.54) is 4.68 Å². The number of carbonyl (C=O) groups excluding carboxylic acids is 1. The molecule has 0 radical (unpaired) electrons. The topological polar surface area (TPSA) is 51.0 Å². The average Bonchev–Trinajstić information content (AvgIpc) is 2.97. The first kappa shape index (κ1) is 14.0. The summed E-state index contributed by atoms with van der Waals surface area (Å²) in [4.78, 5) is 18.3. The molecule has 0 saturated carbocycles. The summed E-state index contributed by atoms with van der Waals surface area (Å²) in [6.45, 7) is 5.66. The lowest BCUT2D eigenvalue weighted by Crippen LogP contribution is -2.30. The van der Waals surface area contributed by atoms with Crippen molar-refractivity contribution in [2.75, 3.05) is 7.05 Å². The van der Waals surface area contributed by atoms with Crippen LogP contribution in [0.1, 0.15) is 35.3 Å². The van der Waals surface area contributed by atoms with Crippen molar-refractivity contribution < 1.29 is 4.79 Å². The Morgan fingerprint density at radius 2 is 2.35 bits per heavy atom. The average molecular weight is 270 g/mol. The zero-order chi connectivity index (χ0) is 14.5. The van der Waals surface area contributed by atoms with Crippen LogP contribution in [0.25, 0.3) is 6.20 Å². The quantitative estimate of drug-likeness (QED) is 0.839. The molecule has 1 amide bonds. The van der Waals surface area contributed by atoms with E-state index in [4.69, 9.17) is 0 Å². The third-order valence-corrected chi connectivity index (χ3v) is 3.28. The van der Waals surface area contributed by atoms with Crippen LogP contribution in [0.3, 0.4) is 0 Å². The van der Waals surface area contributed by atoms with E-state index in [1.54, 1.807) is 42.9 Å². The Morgan fingerprint density at radius 3 is 2.90 bits per heavy atom. The number of rotatable bonds is 5. The fourth-order valence-corrected chi connectivity index (χ4v) is 2.20. The molecule has 0 aliphatic rings. The lowest BCUT2D eigenvalue weighted by molar-refractivity contribution is 0.0726. The fraction of sp³-hybridized carbons (Fsp3) is 0.267. The van der Waals surface area contributed by atoms with Gasteiger partial charge in [-0.2, -0.15) is 5.10 Å². The number of aromatic nitrogens is 3. The Bertz CT molecular complexity index is 591. The van der Waals surface area contributed by atoms with Crippen LogP contribution < -0.4 is 0 Å². The van der Waals surface area contributed by atoms with Crippen molar-refractivity contribution in [3.8, 4) is 0 Å². The molecule has 0 unspecified atom stereocenters. The molecule has 0 N–H and O–H groups in total. The van der Waals surface area contributed by atoms with Gasteiger partial charge in [0, 0.05) is 31.8 Å². The zero-order valence-electron chi connectivity index (χ0n) is 11.7. The molecule has 0 aliphatic carbocycles. The molecule has 0 aliphatic heterocycles. The Labute approximate surface area is 118 Å². The van der Waals surface area contributed by atoms with Gasteiger partial charge in [-0.1, -0.05) is 19.6 Å². The van der Waals surface area contributed by atoms with Crippen LogP contribution in [-0.2, 0) is 0 Å². The van der Waals surface area contributed by atoms with Crippen molar-refractivity contribution in [3.63, 3.8) is 0 Å². The van der Waals surface area contributed by atoms with E-state index in [2.05, 4.69) is 23.6 Å². The Hall–Kier alpha value is -2.43. The minimum absolute atomic E-state index is 0.00304. The van der Waals surface area contributed by atoms with Crippen molar-refractivity contribution >= 4 is 12.1 Å². The van der Waals surface area contributed by atoms with Crippen molar-refractivity contribution in [1.29, 1.82) is 0 Å². The largest absolute Gasteiger partial charge is 0.335 e. The van der Waals surface area contributed by atoms with Crippen molar-refractivity contribution in [3.05, 3.63) is 54.6 Å². The van der Waals surface area contributed by atoms with Gasteiger partial charge in [0.1, 0.15) is 0 Å². The van der Waals surface area contributed by atoms with Gasteiger partial charge in [0.15, 0.2) is 0 Å². The molecule has 2 rings (SSSR count). The first-order valence-corrected chi connectivity index (χ1v) is 6.51. The summed E-state index contributed by atoms with van der Waals surface area (Å²) in [5.74, 6) is -0.0613. The predicted molar refractivity (Wildman–Crippen MR) is 78.0 cm³/mol. The maximum absolute atomic E-state index is 12.5. The number of hydrogen-bond acceptors (Lipinski definition) is 3. The van der Waals surface area contributed by atoms with Crippen molar-refractivity contribution in [2.24, 2.45) is 0 Å². The third-order valence-electron chi connectivity index (χ3n) is 3.28. The summed E-state index contributed by atoms with van der Waals surface area (Å²) < 4.78 is 1.52. The number of nitrogens with zero attached hydrogens (tertiary/aromatic N) is 4. The third kappa shape index (κ3) is 2.77. The molecule has 20 heavy (non-hydrogen) atoms. The van der Waals surface area contributed by atoms with E-state index in [-0.39, 0.29) is 11.9 Å². The second kappa shape index (κ2) is 6.14. The lowest BCUT2D eigenvalue weighted by atomic mass is 10.0. The van der Waals surface area contributed by atoms with Crippen LogP contribution in [0.5, 0.6) is 0 Å². The van der Waals surface area contributed by atoms with Gasteiger partial charge in [-0.25, -0.2) is 4.68 Å². The van der Waals surface area contributed by atoms with Gasteiger partial charge in [0.2, 0.25) is 0 Å². The van der Waals surface area contributed by atoms with Crippen LogP contribution in [0.2, 0.25) is 0 Å². The lowest BCUT2D eigenvalue weighted by Gasteiger charge is -2.27. The Kier molecular flexibility index (Phi) is 4.30. The highest BCUT2D eigenvalue weighted by atomic mass is 16.2. The van der Waals surface area contributed by atoms with Crippen LogP contribution in [0.15, 0.2) is 43.5 Å². The molecule has 2 heterocycles. The minimum atomic E-state index is -0.0613. The summed E-state index contributed by atoms with van der Waals surface area (Å²) in [6, 6.07) is 3.87. The van der Waals surface area contributed by atoms with Gasteiger partial charge in [-0.15, -0.1) is 0 Å². The Morgan fingerprint density at radius 1 is 1.55 bits per heavy atom. The first-order valence-electron chi connectivity index (χ1n) is 6.51. The summed E-state index contributed by atoms with van der Waals surface area (Å²) in [6.07, 6.45) is 9.12. The highest BCUT2D eigenvalue weighted by Gasteiger charge is 2.22. The molecule has 0 spiro atoms. The summed E-state index contributed by atoms with van der Waals surface area (Å²) in [5.41, 5.74) is 1.58.